The molecule has 0 fully saturated rings. The van der Waals surface area contributed by atoms with Crippen molar-refractivity contribution in [1.29, 1.82) is 0 Å². The van der Waals surface area contributed by atoms with Crippen molar-refractivity contribution in [2.24, 2.45) is 0 Å². The summed E-state index contributed by atoms with van der Waals surface area (Å²) in [4.78, 5) is 27.1. The average Bonchev–Trinajstić information content (AvgIpc) is 3.53. The minimum Gasteiger partial charge on any atom is -0.322 e. The van der Waals surface area contributed by atoms with Crippen LogP contribution < -0.4 is 5.32 Å². The Balaban J connectivity index is 1.33. The van der Waals surface area contributed by atoms with E-state index in [0.29, 0.717) is 22.7 Å². The Hall–Kier alpha value is -4.85. The van der Waals surface area contributed by atoms with Gasteiger partial charge in [0.25, 0.3) is 5.91 Å². The molecule has 8 heteroatoms. The Morgan fingerprint density at radius 2 is 1.69 bits per heavy atom. The third kappa shape index (κ3) is 3.88. The van der Waals surface area contributed by atoms with Gasteiger partial charge >= 0.3 is 0 Å². The molecule has 6 rings (SSSR count). The Bertz CT molecular complexity index is 1670. The van der Waals surface area contributed by atoms with Gasteiger partial charge in [-0.05, 0) is 38.1 Å². The molecule has 0 radical (unpaired) electrons. The van der Waals surface area contributed by atoms with Crippen molar-refractivity contribution in [1.82, 2.24) is 29.1 Å². The molecule has 176 valence electrons. The van der Waals surface area contributed by atoms with Crippen molar-refractivity contribution in [3.8, 4) is 22.5 Å². The van der Waals surface area contributed by atoms with Crippen molar-refractivity contribution in [2.45, 2.75) is 19.9 Å². The van der Waals surface area contributed by atoms with E-state index in [0.717, 1.165) is 27.9 Å². The first-order valence-corrected chi connectivity index (χ1v) is 11.7. The summed E-state index contributed by atoms with van der Waals surface area (Å²) in [6.07, 6.45) is 7.27. The van der Waals surface area contributed by atoms with Crippen LogP contribution >= 0.6 is 0 Å². The number of nitrogens with one attached hydrogen (secondary N) is 1. The molecule has 36 heavy (non-hydrogen) atoms. The van der Waals surface area contributed by atoms with Gasteiger partial charge in [0.05, 0.1) is 28.5 Å². The molecule has 2 aromatic carbocycles. The van der Waals surface area contributed by atoms with E-state index in [-0.39, 0.29) is 11.9 Å². The first-order chi connectivity index (χ1) is 17.6. The zero-order valence-electron chi connectivity index (χ0n) is 19.8. The SMILES string of the molecule is CC(C)n1ncc2c(C(=O)Nc3ccc(-c4cn5cccnc5n4)cc3)cc(-c3ccccc3)nc21. The highest BCUT2D eigenvalue weighted by Gasteiger charge is 2.19. The average molecular weight is 474 g/mol. The van der Waals surface area contributed by atoms with E-state index in [4.69, 9.17) is 4.98 Å². The number of aromatic nitrogens is 6. The van der Waals surface area contributed by atoms with Crippen molar-refractivity contribution in [2.75, 3.05) is 5.32 Å². The third-order valence-electron chi connectivity index (χ3n) is 6.04. The van der Waals surface area contributed by atoms with Crippen molar-refractivity contribution >= 4 is 28.4 Å². The second kappa shape index (κ2) is 8.74. The summed E-state index contributed by atoms with van der Waals surface area (Å²) in [7, 11) is 0. The van der Waals surface area contributed by atoms with E-state index in [2.05, 4.69) is 20.4 Å². The highest BCUT2D eigenvalue weighted by atomic mass is 16.1. The summed E-state index contributed by atoms with van der Waals surface area (Å²) in [6, 6.07) is 21.3. The lowest BCUT2D eigenvalue weighted by Crippen LogP contribution is -2.13. The Labute approximate surface area is 207 Å². The third-order valence-corrected chi connectivity index (χ3v) is 6.04. The minimum atomic E-state index is -0.215. The molecule has 0 atom stereocenters. The predicted molar refractivity (Wildman–Crippen MR) is 140 cm³/mol. The number of hydrogen-bond donors (Lipinski definition) is 1. The van der Waals surface area contributed by atoms with E-state index >= 15 is 0 Å². The normalized spacial score (nSPS) is 11.4. The first kappa shape index (κ1) is 21.7. The molecular formula is C28H23N7O. The zero-order chi connectivity index (χ0) is 24.6. The number of fused-ring (bicyclic) bond motifs is 2. The van der Waals surface area contributed by atoms with Crippen LogP contribution in [0.1, 0.15) is 30.2 Å². The fourth-order valence-corrected chi connectivity index (χ4v) is 4.23. The molecule has 0 bridgehead atoms. The molecule has 0 saturated heterocycles. The highest BCUT2D eigenvalue weighted by molar-refractivity contribution is 6.12. The number of imidazole rings is 1. The van der Waals surface area contributed by atoms with Crippen LogP contribution in [0.15, 0.2) is 91.5 Å². The van der Waals surface area contributed by atoms with Crippen LogP contribution in [-0.4, -0.2) is 35.0 Å². The van der Waals surface area contributed by atoms with Crippen LogP contribution in [0, 0.1) is 0 Å². The number of benzene rings is 2. The Morgan fingerprint density at radius 1 is 0.917 bits per heavy atom. The Kier molecular flexibility index (Phi) is 5.26. The van der Waals surface area contributed by atoms with Crippen LogP contribution in [-0.2, 0) is 0 Å². The van der Waals surface area contributed by atoms with Gasteiger partial charge in [0.15, 0.2) is 5.65 Å². The second-order valence-corrected chi connectivity index (χ2v) is 8.83. The summed E-state index contributed by atoms with van der Waals surface area (Å²) in [5.74, 6) is 0.426. The first-order valence-electron chi connectivity index (χ1n) is 11.7. The molecule has 1 N–H and O–H groups in total. The molecule has 4 heterocycles. The van der Waals surface area contributed by atoms with Crippen molar-refractivity contribution < 1.29 is 4.79 Å². The molecule has 0 spiro atoms. The number of carbonyl (C=O) groups excluding carboxylic acids is 1. The maximum atomic E-state index is 13.5. The number of carbonyl (C=O) groups is 1. The van der Waals surface area contributed by atoms with Gasteiger partial charge in [-0.1, -0.05) is 42.5 Å². The summed E-state index contributed by atoms with van der Waals surface area (Å²) in [5.41, 5.74) is 5.33. The van der Waals surface area contributed by atoms with E-state index in [9.17, 15) is 4.79 Å². The fraction of sp³-hybridized carbons (Fsp3) is 0.107. The Morgan fingerprint density at radius 3 is 2.44 bits per heavy atom. The smallest absolute Gasteiger partial charge is 0.256 e. The lowest BCUT2D eigenvalue weighted by atomic mass is 10.1. The molecule has 6 aromatic rings. The summed E-state index contributed by atoms with van der Waals surface area (Å²) in [5, 5.41) is 8.25. The van der Waals surface area contributed by atoms with Crippen molar-refractivity contribution in [3.05, 3.63) is 97.1 Å². The van der Waals surface area contributed by atoms with Gasteiger partial charge in [0.1, 0.15) is 0 Å². The van der Waals surface area contributed by atoms with Crippen LogP contribution in [0.3, 0.4) is 0 Å². The van der Waals surface area contributed by atoms with Gasteiger partial charge in [-0.3, -0.25) is 9.20 Å². The van der Waals surface area contributed by atoms with Gasteiger partial charge < -0.3 is 5.32 Å². The minimum absolute atomic E-state index is 0.110. The molecule has 0 unspecified atom stereocenters. The topological polar surface area (TPSA) is 90.0 Å². The quantitative estimate of drug-likeness (QED) is 0.350. The van der Waals surface area contributed by atoms with Crippen LogP contribution in [0.5, 0.6) is 0 Å². The second-order valence-electron chi connectivity index (χ2n) is 8.83. The van der Waals surface area contributed by atoms with Crippen LogP contribution in [0.2, 0.25) is 0 Å². The molecule has 0 saturated carbocycles. The lowest BCUT2D eigenvalue weighted by Gasteiger charge is -2.11. The maximum Gasteiger partial charge on any atom is 0.256 e. The molecule has 0 aliphatic carbocycles. The predicted octanol–water partition coefficient (Wildman–Crippen LogP) is 5.64. The van der Waals surface area contributed by atoms with E-state index in [1.54, 1.807) is 12.4 Å². The largest absolute Gasteiger partial charge is 0.322 e. The molecule has 0 aliphatic rings. The summed E-state index contributed by atoms with van der Waals surface area (Å²) in [6.45, 7) is 4.09. The van der Waals surface area contributed by atoms with Crippen LogP contribution in [0.25, 0.3) is 39.3 Å². The van der Waals surface area contributed by atoms with Crippen molar-refractivity contribution in [3.63, 3.8) is 0 Å². The van der Waals surface area contributed by atoms with E-state index < -0.39 is 0 Å². The lowest BCUT2D eigenvalue weighted by molar-refractivity contribution is 0.102. The number of rotatable bonds is 5. The molecule has 8 nitrogen and oxygen atoms in total. The van der Waals surface area contributed by atoms with Gasteiger partial charge in [0.2, 0.25) is 5.78 Å². The molecule has 1 amide bonds. The number of pyridine rings is 1. The monoisotopic (exact) mass is 473 g/mol. The van der Waals surface area contributed by atoms with Gasteiger partial charge in [-0.2, -0.15) is 5.10 Å². The number of nitrogens with zero attached hydrogens (tertiary/aromatic N) is 6. The summed E-state index contributed by atoms with van der Waals surface area (Å²) >= 11 is 0. The molecule has 0 aliphatic heterocycles. The van der Waals surface area contributed by atoms with Gasteiger partial charge in [-0.15, -0.1) is 0 Å². The fourth-order valence-electron chi connectivity index (χ4n) is 4.23. The number of amides is 1. The zero-order valence-corrected chi connectivity index (χ0v) is 19.8. The highest BCUT2D eigenvalue weighted by Crippen LogP contribution is 2.27. The van der Waals surface area contributed by atoms with Crippen LogP contribution in [0.4, 0.5) is 5.69 Å². The van der Waals surface area contributed by atoms with E-state index in [1.165, 1.54) is 0 Å². The molecular weight excluding hydrogens is 450 g/mol. The summed E-state index contributed by atoms with van der Waals surface area (Å²) < 4.78 is 3.72. The number of hydrogen-bond acceptors (Lipinski definition) is 5. The van der Waals surface area contributed by atoms with E-state index in [1.807, 2.05) is 102 Å². The van der Waals surface area contributed by atoms with Gasteiger partial charge in [0, 0.05) is 41.4 Å². The standard InChI is InChI=1S/C28H23N7O/c1-18(2)35-26-23(16-30-35)22(15-24(32-26)19-7-4-3-5-8-19)27(36)31-21-11-9-20(10-12-21)25-17-34-14-6-13-29-28(34)33-25/h3-18H,1-2H3,(H,31,36). The maximum absolute atomic E-state index is 13.5. The van der Waals surface area contributed by atoms with Gasteiger partial charge in [-0.25, -0.2) is 19.6 Å². The number of anilines is 1. The molecule has 4 aromatic heterocycles.